The molecule has 178 valence electrons. The van der Waals surface area contributed by atoms with Crippen molar-refractivity contribution in [1.29, 1.82) is 0 Å². The molecule has 5 fully saturated rings. The van der Waals surface area contributed by atoms with Crippen LogP contribution in [0.5, 0.6) is 0 Å². The van der Waals surface area contributed by atoms with Crippen molar-refractivity contribution in [2.24, 2.45) is 29.1 Å². The van der Waals surface area contributed by atoms with Gasteiger partial charge in [-0.15, -0.1) is 11.3 Å². The molecular formula is C27H37N3O2S. The minimum absolute atomic E-state index is 0.0341. The van der Waals surface area contributed by atoms with Crippen molar-refractivity contribution >= 4 is 33.4 Å². The van der Waals surface area contributed by atoms with Gasteiger partial charge in [0, 0.05) is 31.6 Å². The molecule has 3 heterocycles. The zero-order chi connectivity index (χ0) is 22.7. The van der Waals surface area contributed by atoms with Gasteiger partial charge >= 0.3 is 0 Å². The first-order valence-corrected chi connectivity index (χ1v) is 14.0. The van der Waals surface area contributed by atoms with Gasteiger partial charge in [-0.25, -0.2) is 0 Å². The van der Waals surface area contributed by atoms with Crippen molar-refractivity contribution in [2.45, 2.75) is 77.8 Å². The Morgan fingerprint density at radius 1 is 1.12 bits per heavy atom. The van der Waals surface area contributed by atoms with Crippen molar-refractivity contribution < 1.29 is 9.59 Å². The van der Waals surface area contributed by atoms with Crippen LogP contribution in [0.4, 0.5) is 0 Å². The first kappa shape index (κ1) is 21.7. The average Bonchev–Trinajstić information content (AvgIpc) is 3.39. The molecule has 4 aliphatic carbocycles. The SMILES string of the molecule is CCn1c(C(=O)N2CCC(C(=O)NC(C)C34CC5CC(CC(C5)C3)C4)CC2)cc2sccc21. The summed E-state index contributed by atoms with van der Waals surface area (Å²) in [4.78, 5) is 28.4. The maximum atomic E-state index is 13.3. The van der Waals surface area contributed by atoms with Gasteiger partial charge in [0.1, 0.15) is 5.69 Å². The Morgan fingerprint density at radius 3 is 2.36 bits per heavy atom. The van der Waals surface area contributed by atoms with Crippen molar-refractivity contribution in [3.63, 3.8) is 0 Å². The van der Waals surface area contributed by atoms with Gasteiger partial charge in [-0.1, -0.05) is 0 Å². The maximum absolute atomic E-state index is 13.3. The summed E-state index contributed by atoms with van der Waals surface area (Å²) in [5.41, 5.74) is 2.29. The fourth-order valence-electron chi connectivity index (χ4n) is 8.19. The Bertz CT molecular complexity index is 1030. The molecule has 0 spiro atoms. The standard InChI is InChI=1S/C27H37N3O2S/c1-3-30-22-6-9-33-24(22)13-23(30)26(32)29-7-4-21(5-8-29)25(31)28-17(2)27-14-18-10-19(15-27)12-20(11-18)16-27/h6,9,13,17-21H,3-5,7-8,10-12,14-16H2,1-2H3,(H,28,31). The van der Waals surface area contributed by atoms with E-state index in [1.54, 1.807) is 11.3 Å². The lowest BCUT2D eigenvalue weighted by atomic mass is 9.48. The van der Waals surface area contributed by atoms with E-state index in [1.165, 1.54) is 43.2 Å². The number of amides is 2. The van der Waals surface area contributed by atoms with E-state index in [0.717, 1.165) is 48.4 Å². The number of nitrogens with one attached hydrogen (secondary N) is 1. The van der Waals surface area contributed by atoms with Crippen LogP contribution in [-0.4, -0.2) is 40.4 Å². The number of hydrogen-bond acceptors (Lipinski definition) is 3. The van der Waals surface area contributed by atoms with E-state index in [0.29, 0.717) is 18.5 Å². The summed E-state index contributed by atoms with van der Waals surface area (Å²) in [6.45, 7) is 6.50. The highest BCUT2D eigenvalue weighted by Gasteiger charge is 2.53. The molecule has 1 atom stereocenters. The summed E-state index contributed by atoms with van der Waals surface area (Å²) >= 11 is 1.69. The highest BCUT2D eigenvalue weighted by Crippen LogP contribution is 2.61. The van der Waals surface area contributed by atoms with Crippen LogP contribution in [0, 0.1) is 29.1 Å². The Hall–Kier alpha value is -1.82. The molecule has 0 radical (unpaired) electrons. The zero-order valence-electron chi connectivity index (χ0n) is 20.0. The molecule has 0 aromatic carbocycles. The fourth-order valence-corrected chi connectivity index (χ4v) is 9.02. The number of nitrogens with zero attached hydrogens (tertiary/aromatic N) is 2. The number of thiophene rings is 1. The van der Waals surface area contributed by atoms with Gasteiger partial charge in [-0.3, -0.25) is 9.59 Å². The predicted octanol–water partition coefficient (Wildman–Crippen LogP) is 5.30. The van der Waals surface area contributed by atoms with Gasteiger partial charge in [-0.05, 0) is 106 Å². The molecule has 4 saturated carbocycles. The number of aromatic nitrogens is 1. The highest BCUT2D eigenvalue weighted by molar-refractivity contribution is 7.17. The predicted molar refractivity (Wildman–Crippen MR) is 132 cm³/mol. The van der Waals surface area contributed by atoms with Crippen LogP contribution in [0.1, 0.15) is 75.7 Å². The van der Waals surface area contributed by atoms with Crippen LogP contribution in [0.15, 0.2) is 17.5 Å². The summed E-state index contributed by atoms with van der Waals surface area (Å²) in [6.07, 6.45) is 9.81. The van der Waals surface area contributed by atoms with Crippen molar-refractivity contribution in [1.82, 2.24) is 14.8 Å². The summed E-state index contributed by atoms with van der Waals surface area (Å²) in [7, 11) is 0. The Kier molecular flexibility index (Phi) is 5.35. The van der Waals surface area contributed by atoms with Gasteiger partial charge < -0.3 is 14.8 Å². The molecule has 6 heteroatoms. The second-order valence-corrected chi connectivity index (χ2v) is 12.5. The number of carbonyl (C=O) groups excluding carboxylic acids is 2. The van der Waals surface area contributed by atoms with Gasteiger partial charge in [0.25, 0.3) is 5.91 Å². The highest BCUT2D eigenvalue weighted by atomic mass is 32.1. The first-order chi connectivity index (χ1) is 16.0. The fraction of sp³-hybridized carbons (Fsp3) is 0.704. The normalized spacial score (nSPS) is 32.4. The van der Waals surface area contributed by atoms with Crippen LogP contribution in [0.25, 0.3) is 10.2 Å². The molecule has 33 heavy (non-hydrogen) atoms. The minimum Gasteiger partial charge on any atom is -0.353 e. The van der Waals surface area contributed by atoms with E-state index in [9.17, 15) is 9.59 Å². The van der Waals surface area contributed by atoms with Gasteiger partial charge in [0.15, 0.2) is 0 Å². The maximum Gasteiger partial charge on any atom is 0.270 e. The number of carbonyl (C=O) groups is 2. The summed E-state index contributed by atoms with van der Waals surface area (Å²) in [5.74, 6) is 3.09. The lowest BCUT2D eigenvalue weighted by Crippen LogP contribution is -2.57. The quantitative estimate of drug-likeness (QED) is 0.649. The van der Waals surface area contributed by atoms with E-state index in [1.807, 2.05) is 11.0 Å². The Balaban J connectivity index is 1.07. The van der Waals surface area contributed by atoms with Gasteiger partial charge in [0.2, 0.25) is 5.91 Å². The molecule has 2 aromatic heterocycles. The third-order valence-electron chi connectivity index (χ3n) is 9.57. The molecule has 1 N–H and O–H groups in total. The van der Waals surface area contributed by atoms with Crippen molar-refractivity contribution in [3.8, 4) is 0 Å². The van der Waals surface area contributed by atoms with E-state index < -0.39 is 0 Å². The van der Waals surface area contributed by atoms with Gasteiger partial charge in [0.05, 0.1) is 10.2 Å². The topological polar surface area (TPSA) is 54.3 Å². The summed E-state index contributed by atoms with van der Waals surface area (Å²) in [5, 5.41) is 5.55. The van der Waals surface area contributed by atoms with E-state index in [-0.39, 0.29) is 23.8 Å². The number of rotatable bonds is 5. The molecule has 1 saturated heterocycles. The summed E-state index contributed by atoms with van der Waals surface area (Å²) < 4.78 is 3.30. The van der Waals surface area contributed by atoms with E-state index in [2.05, 4.69) is 35.2 Å². The van der Waals surface area contributed by atoms with Gasteiger partial charge in [-0.2, -0.15) is 0 Å². The third kappa shape index (κ3) is 3.64. The number of likely N-dealkylation sites (tertiary alicyclic amines) is 1. The van der Waals surface area contributed by atoms with Crippen LogP contribution in [0.3, 0.4) is 0 Å². The van der Waals surface area contributed by atoms with Crippen LogP contribution < -0.4 is 5.32 Å². The number of hydrogen-bond donors (Lipinski definition) is 1. The zero-order valence-corrected chi connectivity index (χ0v) is 20.8. The third-order valence-corrected chi connectivity index (χ3v) is 10.4. The van der Waals surface area contributed by atoms with E-state index in [4.69, 9.17) is 0 Å². The lowest BCUT2D eigenvalue weighted by molar-refractivity contribution is -0.131. The van der Waals surface area contributed by atoms with E-state index >= 15 is 0 Å². The molecule has 7 rings (SSSR count). The lowest BCUT2D eigenvalue weighted by Gasteiger charge is -2.59. The molecule has 2 amide bonds. The number of aryl methyl sites for hydroxylation is 1. The first-order valence-electron chi connectivity index (χ1n) is 13.1. The monoisotopic (exact) mass is 467 g/mol. The smallest absolute Gasteiger partial charge is 0.270 e. The molecule has 5 nitrogen and oxygen atoms in total. The molecule has 4 bridgehead atoms. The second-order valence-electron chi connectivity index (χ2n) is 11.5. The van der Waals surface area contributed by atoms with Crippen LogP contribution in [0.2, 0.25) is 0 Å². The molecular weight excluding hydrogens is 430 g/mol. The minimum atomic E-state index is 0.0341. The number of fused-ring (bicyclic) bond motifs is 1. The van der Waals surface area contributed by atoms with Crippen molar-refractivity contribution in [2.75, 3.05) is 13.1 Å². The molecule has 1 aliphatic heterocycles. The Labute approximate surface area is 200 Å². The van der Waals surface area contributed by atoms with Crippen LogP contribution in [-0.2, 0) is 11.3 Å². The Morgan fingerprint density at radius 2 is 1.76 bits per heavy atom. The van der Waals surface area contributed by atoms with Crippen LogP contribution >= 0.6 is 11.3 Å². The number of piperidine rings is 1. The summed E-state index contributed by atoms with van der Waals surface area (Å²) in [6, 6.07) is 4.42. The second kappa shape index (κ2) is 8.14. The molecule has 5 aliphatic rings. The molecule has 1 unspecified atom stereocenters. The largest absolute Gasteiger partial charge is 0.353 e. The average molecular weight is 468 g/mol. The van der Waals surface area contributed by atoms with Crippen molar-refractivity contribution in [3.05, 3.63) is 23.2 Å². The molecule has 2 aromatic rings.